The van der Waals surface area contributed by atoms with Gasteiger partial charge in [-0.25, -0.2) is 0 Å². The maximum atomic E-state index is 2.17. The second-order valence-corrected chi connectivity index (χ2v) is 2.98. The molecule has 0 atom stereocenters. The molecule has 1 nitrogen and oxygen atoms in total. The number of hydrogen-bond acceptors (Lipinski definition) is 0. The van der Waals surface area contributed by atoms with E-state index in [2.05, 4.69) is 29.9 Å². The third-order valence-electron chi connectivity index (χ3n) is 1.26. The summed E-state index contributed by atoms with van der Waals surface area (Å²) in [5.74, 6) is 0. The van der Waals surface area contributed by atoms with E-state index in [4.69, 9.17) is 0 Å². The molecule has 8 heavy (non-hydrogen) atoms. The molecule has 40 valence electrons. The first-order valence-corrected chi connectivity index (χ1v) is 4.98. The van der Waals surface area contributed by atoms with Crippen LogP contribution in [0.4, 0.5) is 0 Å². The Morgan fingerprint density at radius 2 is 2.50 bits per heavy atom. The van der Waals surface area contributed by atoms with Crippen LogP contribution < -0.4 is 0 Å². The minimum absolute atomic E-state index is 1.26. The van der Waals surface area contributed by atoms with Crippen LogP contribution in [0.25, 0.3) is 0 Å². The van der Waals surface area contributed by atoms with Gasteiger partial charge in [-0.15, -0.1) is 0 Å². The van der Waals surface area contributed by atoms with E-state index in [9.17, 15) is 0 Å². The molecule has 0 amide bonds. The minimum atomic E-state index is 1.26. The molecule has 0 N–H and O–H groups in total. The molecule has 2 heteroatoms. The summed E-state index contributed by atoms with van der Waals surface area (Å²) in [4.78, 5) is 0. The van der Waals surface area contributed by atoms with Crippen LogP contribution >= 0.6 is 0 Å². The second-order valence-electron chi connectivity index (χ2n) is 1.81. The van der Waals surface area contributed by atoms with Gasteiger partial charge in [-0.05, 0) is 0 Å². The Bertz CT molecular complexity index is 169. The molecule has 0 spiro atoms. The first-order chi connectivity index (χ1) is 3.84. The van der Waals surface area contributed by atoms with Gasteiger partial charge in [-0.2, -0.15) is 0 Å². The first kappa shape index (κ1) is 6.27. The summed E-state index contributed by atoms with van der Waals surface area (Å²) < 4.78 is 3.43. The van der Waals surface area contributed by atoms with Crippen molar-refractivity contribution in [1.29, 1.82) is 0 Å². The third kappa shape index (κ3) is 1.10. The van der Waals surface area contributed by atoms with Crippen molar-refractivity contribution >= 4 is 24.4 Å². The van der Waals surface area contributed by atoms with Crippen molar-refractivity contribution in [3.63, 3.8) is 0 Å². The molecule has 0 bridgehead atoms. The number of nitrogens with zero attached hydrogens (tertiary/aromatic N) is 1. The molecule has 0 aliphatic carbocycles. The molecule has 0 aromatic carbocycles. The number of rotatable bonds is 1. The molecule has 0 saturated heterocycles. The van der Waals surface area contributed by atoms with E-state index < -0.39 is 0 Å². The van der Waals surface area contributed by atoms with Crippen LogP contribution in [0.1, 0.15) is 5.69 Å². The molecule has 0 fully saturated rings. The normalized spacial score (nSPS) is 9.62. The third-order valence-corrected chi connectivity index (χ3v) is 2.45. The first-order valence-electron chi connectivity index (χ1n) is 2.65. The van der Waals surface area contributed by atoms with E-state index in [1.807, 2.05) is 0 Å². The summed E-state index contributed by atoms with van der Waals surface area (Å²) >= 11 is 1.33. The monoisotopic (exact) mass is 209 g/mol. The van der Waals surface area contributed by atoms with Crippen LogP contribution in [-0.2, 0) is 11.2 Å². The molecule has 0 aliphatic heterocycles. The van der Waals surface area contributed by atoms with Crippen molar-refractivity contribution in [2.45, 2.75) is 4.18 Å². The van der Waals surface area contributed by atoms with Gasteiger partial charge in [0.2, 0.25) is 0 Å². The predicted octanol–water partition coefficient (Wildman–Crippen LogP) is 0.694. The second kappa shape index (κ2) is 2.63. The Balaban J connectivity index is 2.92. The summed E-state index contributed by atoms with van der Waals surface area (Å²) in [6, 6.07) is 4.26. The summed E-state index contributed by atoms with van der Waals surface area (Å²) in [6.45, 7) is 0. The summed E-state index contributed by atoms with van der Waals surface area (Å²) in [5.41, 5.74) is 1.45. The fraction of sp³-hybridized carbons (Fsp3) is 0.333. The summed E-state index contributed by atoms with van der Waals surface area (Å²) in [7, 11) is 2.09. The zero-order chi connectivity index (χ0) is 5.98. The summed E-state index contributed by atoms with van der Waals surface area (Å²) in [5, 5.41) is 0. The van der Waals surface area contributed by atoms with Gasteiger partial charge in [-0.1, -0.05) is 0 Å². The Labute approximate surface area is 64.3 Å². The van der Waals surface area contributed by atoms with E-state index in [0.717, 1.165) is 0 Å². The Morgan fingerprint density at radius 1 is 1.75 bits per heavy atom. The molecule has 1 heterocycles. The number of aryl methyl sites for hydroxylation is 1. The van der Waals surface area contributed by atoms with Crippen LogP contribution in [0, 0.1) is 0 Å². The molecular formula is C6H8InN. The van der Waals surface area contributed by atoms with Gasteiger partial charge in [0.1, 0.15) is 0 Å². The molecule has 1 rings (SSSR count). The molecule has 2 radical (unpaired) electrons. The van der Waals surface area contributed by atoms with Crippen molar-refractivity contribution in [3.05, 3.63) is 24.0 Å². The van der Waals surface area contributed by atoms with Crippen LogP contribution in [0.15, 0.2) is 18.3 Å². The van der Waals surface area contributed by atoms with E-state index >= 15 is 0 Å². The SMILES string of the molecule is Cn1cccc1[CH2][In]. The summed E-state index contributed by atoms with van der Waals surface area (Å²) in [6.07, 6.45) is 2.09. The Kier molecular flexibility index (Phi) is 2.06. The fourth-order valence-electron chi connectivity index (χ4n) is 0.709. The molecule has 0 saturated carbocycles. The van der Waals surface area contributed by atoms with Crippen molar-refractivity contribution in [3.8, 4) is 0 Å². The average Bonchev–Trinajstić information content (AvgIpc) is 2.14. The van der Waals surface area contributed by atoms with Gasteiger partial charge >= 0.3 is 64.2 Å². The van der Waals surface area contributed by atoms with Crippen molar-refractivity contribution in [2.75, 3.05) is 0 Å². The molecule has 0 unspecified atom stereocenters. The van der Waals surface area contributed by atoms with E-state index in [0.29, 0.717) is 0 Å². The maximum absolute atomic E-state index is 2.17. The van der Waals surface area contributed by atoms with Gasteiger partial charge in [0.25, 0.3) is 0 Å². The fourth-order valence-corrected chi connectivity index (χ4v) is 1.92. The van der Waals surface area contributed by atoms with Crippen molar-refractivity contribution < 1.29 is 0 Å². The van der Waals surface area contributed by atoms with Gasteiger partial charge in [-0.3, -0.25) is 0 Å². The Morgan fingerprint density at radius 3 is 2.75 bits per heavy atom. The number of aromatic nitrogens is 1. The van der Waals surface area contributed by atoms with Crippen LogP contribution in [0.3, 0.4) is 0 Å². The quantitative estimate of drug-likeness (QED) is 0.641. The van der Waals surface area contributed by atoms with Crippen LogP contribution in [0.2, 0.25) is 0 Å². The van der Waals surface area contributed by atoms with Crippen molar-refractivity contribution in [1.82, 2.24) is 4.57 Å². The van der Waals surface area contributed by atoms with Crippen molar-refractivity contribution in [2.24, 2.45) is 7.05 Å². The van der Waals surface area contributed by atoms with E-state index in [-0.39, 0.29) is 0 Å². The van der Waals surface area contributed by atoms with Gasteiger partial charge < -0.3 is 0 Å². The average molecular weight is 209 g/mol. The topological polar surface area (TPSA) is 4.93 Å². The molecular weight excluding hydrogens is 201 g/mol. The standard InChI is InChI=1S/C6H8N.In/c1-6-4-3-5-7(6)2;/h3-5H,1H2,2H3;. The molecule has 1 aromatic heterocycles. The molecule has 1 aromatic rings. The number of hydrogen-bond donors (Lipinski definition) is 0. The van der Waals surface area contributed by atoms with Crippen LogP contribution in [-0.4, -0.2) is 28.9 Å². The van der Waals surface area contributed by atoms with Crippen LogP contribution in [0.5, 0.6) is 0 Å². The zero-order valence-electron chi connectivity index (χ0n) is 4.96. The Hall–Kier alpha value is 0.150. The van der Waals surface area contributed by atoms with Gasteiger partial charge in [0.15, 0.2) is 0 Å². The zero-order valence-corrected chi connectivity index (χ0v) is 8.26. The van der Waals surface area contributed by atoms with Gasteiger partial charge in [0.05, 0.1) is 0 Å². The van der Waals surface area contributed by atoms with E-state index in [1.54, 1.807) is 0 Å². The van der Waals surface area contributed by atoms with E-state index in [1.165, 1.54) is 34.2 Å². The van der Waals surface area contributed by atoms with Gasteiger partial charge in [0, 0.05) is 0 Å². The molecule has 0 aliphatic rings. The predicted molar refractivity (Wildman–Crippen MR) is 34.9 cm³/mol.